The smallest absolute Gasteiger partial charge is 0.131 e. The molecule has 5 nitrogen and oxygen atoms in total. The van der Waals surface area contributed by atoms with Gasteiger partial charge in [-0.15, -0.1) is 0 Å². The third-order valence-electron chi connectivity index (χ3n) is 4.45. The van der Waals surface area contributed by atoms with E-state index in [1.54, 1.807) is 0 Å². The Bertz CT molecular complexity index is 483. The molecule has 0 bridgehead atoms. The molecule has 1 unspecified atom stereocenters. The second-order valence-electron chi connectivity index (χ2n) is 6.73. The summed E-state index contributed by atoms with van der Waals surface area (Å²) >= 11 is 0. The van der Waals surface area contributed by atoms with Crippen molar-refractivity contribution in [1.29, 1.82) is 0 Å². The number of aromatic nitrogens is 2. The number of piperidine rings is 1. The highest BCUT2D eigenvalue weighted by Crippen LogP contribution is 2.31. The number of ether oxygens (including phenoxy) is 1. The number of nitrogens with zero attached hydrogens (tertiary/aromatic N) is 3. The summed E-state index contributed by atoms with van der Waals surface area (Å²) in [6.07, 6.45) is 2.28. The Morgan fingerprint density at radius 2 is 2.14 bits per heavy atom. The average molecular weight is 294 g/mol. The van der Waals surface area contributed by atoms with Crippen LogP contribution in [0.25, 0.3) is 0 Å². The highest BCUT2D eigenvalue weighted by Gasteiger charge is 2.33. The summed E-state index contributed by atoms with van der Waals surface area (Å²) in [5, 5.41) is 8.15. The zero-order chi connectivity index (χ0) is 15.6. The van der Waals surface area contributed by atoms with Gasteiger partial charge < -0.3 is 15.0 Å². The lowest BCUT2D eigenvalue weighted by Gasteiger charge is -2.40. The van der Waals surface area contributed by atoms with Crippen molar-refractivity contribution in [2.75, 3.05) is 25.1 Å². The molecule has 1 aromatic rings. The first kappa shape index (κ1) is 16.3. The van der Waals surface area contributed by atoms with Crippen LogP contribution in [-0.2, 0) is 18.3 Å². The van der Waals surface area contributed by atoms with Gasteiger partial charge in [-0.05, 0) is 26.7 Å². The summed E-state index contributed by atoms with van der Waals surface area (Å²) in [6, 6.07) is 0.475. The third-order valence-corrected chi connectivity index (χ3v) is 4.45. The molecule has 0 aliphatic carbocycles. The van der Waals surface area contributed by atoms with Crippen molar-refractivity contribution in [2.45, 2.75) is 58.7 Å². The lowest BCUT2D eigenvalue weighted by Crippen LogP contribution is -2.48. The molecule has 21 heavy (non-hydrogen) atoms. The van der Waals surface area contributed by atoms with Gasteiger partial charge in [0.2, 0.25) is 0 Å². The van der Waals surface area contributed by atoms with Gasteiger partial charge in [0.25, 0.3) is 0 Å². The van der Waals surface area contributed by atoms with E-state index < -0.39 is 0 Å². The van der Waals surface area contributed by atoms with Crippen molar-refractivity contribution in [3.05, 3.63) is 11.3 Å². The topological polar surface area (TPSA) is 42.3 Å². The van der Waals surface area contributed by atoms with Gasteiger partial charge in [-0.2, -0.15) is 5.10 Å². The van der Waals surface area contributed by atoms with E-state index in [2.05, 4.69) is 43.0 Å². The minimum atomic E-state index is -0.0564. The molecule has 1 fully saturated rings. The summed E-state index contributed by atoms with van der Waals surface area (Å²) in [4.78, 5) is 2.43. The first-order valence-corrected chi connectivity index (χ1v) is 7.92. The Kier molecular flexibility index (Phi) is 4.94. The van der Waals surface area contributed by atoms with E-state index in [4.69, 9.17) is 4.74 Å². The first-order chi connectivity index (χ1) is 9.86. The SMILES string of the molecule is COC1(C)CCCN(c2c(CNC(C)C)c(C)nn2C)C1. The van der Waals surface area contributed by atoms with Crippen LogP contribution < -0.4 is 10.2 Å². The molecule has 1 N–H and O–H groups in total. The van der Waals surface area contributed by atoms with Crippen LogP contribution in [0.2, 0.25) is 0 Å². The number of rotatable bonds is 5. The molecule has 0 radical (unpaired) electrons. The molecule has 120 valence electrons. The fraction of sp³-hybridized carbons (Fsp3) is 0.812. The van der Waals surface area contributed by atoms with Crippen LogP contribution in [0.5, 0.6) is 0 Å². The fourth-order valence-electron chi connectivity index (χ4n) is 3.15. The molecule has 0 spiro atoms. The van der Waals surface area contributed by atoms with Crippen molar-refractivity contribution < 1.29 is 4.74 Å². The number of nitrogens with one attached hydrogen (secondary N) is 1. The van der Waals surface area contributed by atoms with E-state index in [0.29, 0.717) is 6.04 Å². The van der Waals surface area contributed by atoms with Gasteiger partial charge in [0.05, 0.1) is 11.3 Å². The van der Waals surface area contributed by atoms with E-state index in [1.165, 1.54) is 11.4 Å². The lowest BCUT2D eigenvalue weighted by molar-refractivity contribution is -0.00497. The van der Waals surface area contributed by atoms with E-state index in [0.717, 1.165) is 38.2 Å². The Labute approximate surface area is 128 Å². The van der Waals surface area contributed by atoms with Crippen LogP contribution >= 0.6 is 0 Å². The number of aryl methyl sites for hydroxylation is 2. The second kappa shape index (κ2) is 6.36. The summed E-state index contributed by atoms with van der Waals surface area (Å²) in [7, 11) is 3.86. The summed E-state index contributed by atoms with van der Waals surface area (Å²) in [5.74, 6) is 1.24. The summed E-state index contributed by atoms with van der Waals surface area (Å²) in [6.45, 7) is 11.5. The Hall–Kier alpha value is -1.07. The molecule has 2 rings (SSSR count). The van der Waals surface area contributed by atoms with E-state index in [-0.39, 0.29) is 5.60 Å². The number of hydrogen-bond acceptors (Lipinski definition) is 4. The molecule has 1 aromatic heterocycles. The molecule has 0 saturated carbocycles. The molecule has 1 aliphatic rings. The lowest BCUT2D eigenvalue weighted by atomic mass is 9.94. The minimum absolute atomic E-state index is 0.0564. The first-order valence-electron chi connectivity index (χ1n) is 7.92. The van der Waals surface area contributed by atoms with Gasteiger partial charge in [0, 0.05) is 45.4 Å². The monoisotopic (exact) mass is 294 g/mol. The van der Waals surface area contributed by atoms with E-state index in [1.807, 2.05) is 18.8 Å². The highest BCUT2D eigenvalue weighted by molar-refractivity contribution is 5.51. The maximum absolute atomic E-state index is 5.73. The highest BCUT2D eigenvalue weighted by atomic mass is 16.5. The average Bonchev–Trinajstić information content (AvgIpc) is 2.70. The zero-order valence-corrected chi connectivity index (χ0v) is 14.4. The second-order valence-corrected chi connectivity index (χ2v) is 6.73. The molecule has 1 aliphatic heterocycles. The van der Waals surface area contributed by atoms with Crippen molar-refractivity contribution in [3.8, 4) is 0 Å². The standard InChI is InChI=1S/C16H30N4O/c1-12(2)17-10-14-13(3)18-19(5)15(14)20-9-7-8-16(4,11-20)21-6/h12,17H,7-11H2,1-6H3. The van der Waals surface area contributed by atoms with Gasteiger partial charge in [0.1, 0.15) is 5.82 Å². The minimum Gasteiger partial charge on any atom is -0.377 e. The van der Waals surface area contributed by atoms with Crippen LogP contribution in [0.4, 0.5) is 5.82 Å². The summed E-state index contributed by atoms with van der Waals surface area (Å²) in [5.41, 5.74) is 2.37. The Balaban J connectivity index is 2.25. The van der Waals surface area contributed by atoms with Crippen LogP contribution in [-0.4, -0.2) is 41.6 Å². The predicted molar refractivity (Wildman–Crippen MR) is 86.8 cm³/mol. The molecule has 1 atom stereocenters. The van der Waals surface area contributed by atoms with E-state index >= 15 is 0 Å². The number of hydrogen-bond donors (Lipinski definition) is 1. The predicted octanol–water partition coefficient (Wildman–Crippen LogP) is 2.23. The van der Waals surface area contributed by atoms with Gasteiger partial charge in [0.15, 0.2) is 0 Å². The Morgan fingerprint density at radius 1 is 1.43 bits per heavy atom. The normalized spacial score (nSPS) is 23.1. The Morgan fingerprint density at radius 3 is 2.76 bits per heavy atom. The largest absolute Gasteiger partial charge is 0.377 e. The van der Waals surface area contributed by atoms with Crippen LogP contribution in [0, 0.1) is 6.92 Å². The molecule has 1 saturated heterocycles. The van der Waals surface area contributed by atoms with E-state index in [9.17, 15) is 0 Å². The maximum Gasteiger partial charge on any atom is 0.131 e. The number of methoxy groups -OCH3 is 1. The van der Waals surface area contributed by atoms with Crippen molar-refractivity contribution in [2.24, 2.45) is 7.05 Å². The molecular weight excluding hydrogens is 264 g/mol. The van der Waals surface area contributed by atoms with Gasteiger partial charge in [-0.25, -0.2) is 0 Å². The number of anilines is 1. The van der Waals surface area contributed by atoms with Crippen LogP contribution in [0.15, 0.2) is 0 Å². The van der Waals surface area contributed by atoms with Gasteiger partial charge in [-0.1, -0.05) is 13.8 Å². The molecule has 0 amide bonds. The quantitative estimate of drug-likeness (QED) is 0.904. The molecule has 2 heterocycles. The molecule has 5 heteroatoms. The van der Waals surface area contributed by atoms with Crippen molar-refractivity contribution in [1.82, 2.24) is 15.1 Å². The van der Waals surface area contributed by atoms with Gasteiger partial charge >= 0.3 is 0 Å². The summed E-state index contributed by atoms with van der Waals surface area (Å²) < 4.78 is 7.75. The fourth-order valence-corrected chi connectivity index (χ4v) is 3.15. The molecule has 0 aromatic carbocycles. The maximum atomic E-state index is 5.73. The van der Waals surface area contributed by atoms with Gasteiger partial charge in [-0.3, -0.25) is 4.68 Å². The van der Waals surface area contributed by atoms with Crippen molar-refractivity contribution >= 4 is 5.82 Å². The third kappa shape index (κ3) is 3.58. The van der Waals surface area contributed by atoms with Crippen LogP contribution in [0.1, 0.15) is 44.9 Å². The van der Waals surface area contributed by atoms with Crippen molar-refractivity contribution in [3.63, 3.8) is 0 Å². The molecular formula is C16H30N4O. The zero-order valence-electron chi connectivity index (χ0n) is 14.4. The van der Waals surface area contributed by atoms with Crippen LogP contribution in [0.3, 0.4) is 0 Å².